The molecule has 13 heavy (non-hydrogen) atoms. The summed E-state index contributed by atoms with van der Waals surface area (Å²) in [6.45, 7) is 4.08. The van der Waals surface area contributed by atoms with Gasteiger partial charge in [-0.2, -0.15) is 5.48 Å². The third-order valence-corrected chi connectivity index (χ3v) is 2.21. The average Bonchev–Trinajstić information content (AvgIpc) is 2.01. The molecule has 0 aromatic carbocycles. The molecular weight excluding hydrogens is 162 g/mol. The van der Waals surface area contributed by atoms with Gasteiger partial charge in [-0.1, -0.05) is 25.0 Å². The summed E-state index contributed by atoms with van der Waals surface area (Å²) < 4.78 is 0. The van der Waals surface area contributed by atoms with Gasteiger partial charge in [0, 0.05) is 0 Å². The van der Waals surface area contributed by atoms with Gasteiger partial charge in [-0.05, 0) is 33.1 Å². The normalized spacial score (nSPS) is 26.8. The van der Waals surface area contributed by atoms with Crippen LogP contribution in [-0.2, 0) is 4.84 Å². The van der Waals surface area contributed by atoms with Crippen LogP contribution in [0.4, 0.5) is 0 Å². The minimum absolute atomic E-state index is 0.263. The van der Waals surface area contributed by atoms with Crippen LogP contribution >= 0.6 is 0 Å². The molecule has 0 saturated heterocycles. The Morgan fingerprint density at radius 2 is 2.15 bits per heavy atom. The molecule has 0 heterocycles. The zero-order valence-electron chi connectivity index (χ0n) is 8.75. The second-order valence-electron chi connectivity index (χ2n) is 3.96. The molecule has 0 spiro atoms. The highest BCUT2D eigenvalue weighted by molar-refractivity contribution is 4.93. The van der Waals surface area contributed by atoms with Gasteiger partial charge in [-0.25, -0.2) is 0 Å². The van der Waals surface area contributed by atoms with Crippen molar-refractivity contribution < 1.29 is 4.84 Å². The highest BCUT2D eigenvalue weighted by atomic mass is 16.7. The molecule has 0 aromatic heterocycles. The largest absolute Gasteiger partial charge is 0.299 e. The van der Waals surface area contributed by atoms with E-state index < -0.39 is 0 Å². The molecule has 1 aliphatic carbocycles. The van der Waals surface area contributed by atoms with Crippen LogP contribution in [0.5, 0.6) is 0 Å². The van der Waals surface area contributed by atoms with E-state index in [0.717, 1.165) is 0 Å². The molecule has 0 aromatic rings. The average molecular weight is 183 g/mol. The van der Waals surface area contributed by atoms with Crippen molar-refractivity contribution in [1.29, 1.82) is 0 Å². The Balaban J connectivity index is 2.24. The second kappa shape index (κ2) is 6.17. The minimum Gasteiger partial charge on any atom is -0.299 e. The molecule has 2 heteroatoms. The molecular formula is C11H21NO. The van der Waals surface area contributed by atoms with E-state index in [1.807, 2.05) is 13.8 Å². The predicted octanol–water partition coefficient (Wildman–Crippen LogP) is 2.80. The van der Waals surface area contributed by atoms with E-state index in [-0.39, 0.29) is 6.10 Å². The fourth-order valence-electron chi connectivity index (χ4n) is 1.48. The number of nitrogens with one attached hydrogen (secondary N) is 1. The van der Waals surface area contributed by atoms with Crippen LogP contribution in [0.3, 0.4) is 0 Å². The Bertz CT molecular complexity index is 154. The molecule has 1 N–H and O–H groups in total. The van der Waals surface area contributed by atoms with Gasteiger partial charge in [-0.3, -0.25) is 4.84 Å². The van der Waals surface area contributed by atoms with Crippen LogP contribution in [0.25, 0.3) is 0 Å². The van der Waals surface area contributed by atoms with Crippen LogP contribution in [0.15, 0.2) is 12.2 Å². The SMILES string of the molecule is CC(C)ONC1/C=C\CCCCC1. The van der Waals surface area contributed by atoms with Gasteiger partial charge in [0.15, 0.2) is 0 Å². The quantitative estimate of drug-likeness (QED) is 0.536. The molecule has 1 rings (SSSR count). The van der Waals surface area contributed by atoms with Crippen molar-refractivity contribution in [2.45, 2.75) is 58.1 Å². The van der Waals surface area contributed by atoms with Crippen molar-refractivity contribution in [3.8, 4) is 0 Å². The van der Waals surface area contributed by atoms with Gasteiger partial charge >= 0.3 is 0 Å². The fraction of sp³-hybridized carbons (Fsp3) is 0.818. The molecule has 2 nitrogen and oxygen atoms in total. The molecule has 1 atom stereocenters. The van der Waals surface area contributed by atoms with Gasteiger partial charge in [0.2, 0.25) is 0 Å². The monoisotopic (exact) mass is 183 g/mol. The van der Waals surface area contributed by atoms with Gasteiger partial charge in [0.25, 0.3) is 0 Å². The van der Waals surface area contributed by atoms with Crippen LogP contribution in [-0.4, -0.2) is 12.1 Å². The molecule has 0 aliphatic heterocycles. The first-order valence-electron chi connectivity index (χ1n) is 5.37. The lowest BCUT2D eigenvalue weighted by molar-refractivity contribution is -0.0192. The predicted molar refractivity (Wildman–Crippen MR) is 55.4 cm³/mol. The van der Waals surface area contributed by atoms with Crippen molar-refractivity contribution in [3.05, 3.63) is 12.2 Å². The van der Waals surface area contributed by atoms with Crippen LogP contribution < -0.4 is 5.48 Å². The summed E-state index contributed by atoms with van der Waals surface area (Å²) in [7, 11) is 0. The van der Waals surface area contributed by atoms with Crippen molar-refractivity contribution in [2.75, 3.05) is 0 Å². The van der Waals surface area contributed by atoms with E-state index in [9.17, 15) is 0 Å². The lowest BCUT2D eigenvalue weighted by Crippen LogP contribution is -2.30. The standard InChI is InChI=1S/C11H21NO/c1-10(2)13-12-11-8-6-4-3-5-7-9-11/h6,8,10-12H,3-5,7,9H2,1-2H3/b8-6-. The smallest absolute Gasteiger partial charge is 0.0734 e. The first-order valence-corrected chi connectivity index (χ1v) is 5.37. The molecule has 1 unspecified atom stereocenters. The van der Waals surface area contributed by atoms with E-state index >= 15 is 0 Å². The second-order valence-corrected chi connectivity index (χ2v) is 3.96. The number of allylic oxidation sites excluding steroid dienone is 1. The summed E-state index contributed by atoms with van der Waals surface area (Å²) in [4.78, 5) is 5.38. The highest BCUT2D eigenvalue weighted by Crippen LogP contribution is 2.11. The molecule has 0 saturated carbocycles. The Morgan fingerprint density at radius 1 is 1.31 bits per heavy atom. The van der Waals surface area contributed by atoms with Crippen molar-refractivity contribution in [1.82, 2.24) is 5.48 Å². The molecule has 76 valence electrons. The summed E-state index contributed by atoms with van der Waals surface area (Å²) in [6, 6.07) is 0.419. The number of hydrogen-bond acceptors (Lipinski definition) is 2. The summed E-state index contributed by atoms with van der Waals surface area (Å²) in [5, 5.41) is 0. The molecule has 0 fully saturated rings. The first kappa shape index (κ1) is 10.7. The van der Waals surface area contributed by atoms with Gasteiger partial charge < -0.3 is 0 Å². The van der Waals surface area contributed by atoms with E-state index in [4.69, 9.17) is 4.84 Å². The topological polar surface area (TPSA) is 21.3 Å². The van der Waals surface area contributed by atoms with Gasteiger partial charge in [0.1, 0.15) is 0 Å². The Hall–Kier alpha value is -0.340. The summed E-state index contributed by atoms with van der Waals surface area (Å²) >= 11 is 0. The number of hydroxylamine groups is 1. The molecule has 0 amide bonds. The fourth-order valence-corrected chi connectivity index (χ4v) is 1.48. The van der Waals surface area contributed by atoms with Gasteiger partial charge in [0.05, 0.1) is 12.1 Å². The maximum Gasteiger partial charge on any atom is 0.0734 e. The Kier molecular flexibility index (Phi) is 5.09. The Morgan fingerprint density at radius 3 is 2.92 bits per heavy atom. The van der Waals surface area contributed by atoms with E-state index in [1.54, 1.807) is 0 Å². The number of hydrogen-bond donors (Lipinski definition) is 1. The maximum atomic E-state index is 5.38. The highest BCUT2D eigenvalue weighted by Gasteiger charge is 2.06. The maximum absolute atomic E-state index is 5.38. The third kappa shape index (κ3) is 5.06. The zero-order valence-corrected chi connectivity index (χ0v) is 8.75. The van der Waals surface area contributed by atoms with Crippen LogP contribution in [0.1, 0.15) is 46.0 Å². The molecule has 1 aliphatic rings. The van der Waals surface area contributed by atoms with E-state index in [2.05, 4.69) is 17.6 Å². The number of rotatable bonds is 3. The molecule has 0 bridgehead atoms. The lowest BCUT2D eigenvalue weighted by Gasteiger charge is -2.18. The van der Waals surface area contributed by atoms with Crippen LogP contribution in [0, 0.1) is 0 Å². The van der Waals surface area contributed by atoms with Crippen LogP contribution in [0.2, 0.25) is 0 Å². The summed E-state index contributed by atoms with van der Waals surface area (Å²) in [6.07, 6.45) is 11.2. The van der Waals surface area contributed by atoms with Crippen molar-refractivity contribution in [2.24, 2.45) is 0 Å². The van der Waals surface area contributed by atoms with E-state index in [1.165, 1.54) is 32.1 Å². The zero-order chi connectivity index (χ0) is 9.52. The molecule has 0 radical (unpaired) electrons. The summed E-state index contributed by atoms with van der Waals surface area (Å²) in [5.74, 6) is 0. The van der Waals surface area contributed by atoms with Crippen molar-refractivity contribution >= 4 is 0 Å². The van der Waals surface area contributed by atoms with E-state index in [0.29, 0.717) is 6.04 Å². The third-order valence-electron chi connectivity index (χ3n) is 2.21. The lowest BCUT2D eigenvalue weighted by atomic mass is 10.0. The van der Waals surface area contributed by atoms with Crippen molar-refractivity contribution in [3.63, 3.8) is 0 Å². The summed E-state index contributed by atoms with van der Waals surface area (Å²) in [5.41, 5.74) is 3.10. The Labute approximate surface area is 81.3 Å². The van der Waals surface area contributed by atoms with Gasteiger partial charge in [-0.15, -0.1) is 0 Å². The first-order chi connectivity index (χ1) is 6.29. The minimum atomic E-state index is 0.263.